The fourth-order valence-corrected chi connectivity index (χ4v) is 5.52. The van der Waals surface area contributed by atoms with E-state index in [4.69, 9.17) is 0 Å². The van der Waals surface area contributed by atoms with Crippen LogP contribution in [-0.4, -0.2) is 8.07 Å². The number of fused-ring (bicyclic) bond motifs is 2. The van der Waals surface area contributed by atoms with Gasteiger partial charge in [0.15, 0.2) is 0 Å². The van der Waals surface area contributed by atoms with Gasteiger partial charge in [0, 0.05) is 11.4 Å². The average Bonchev–Trinajstić information content (AvgIpc) is 2.28. The van der Waals surface area contributed by atoms with Gasteiger partial charge < -0.3 is 5.32 Å². The number of anilines is 2. The van der Waals surface area contributed by atoms with Crippen molar-refractivity contribution in [2.45, 2.75) is 13.1 Å². The molecule has 0 spiro atoms. The van der Waals surface area contributed by atoms with Gasteiger partial charge in [-0.25, -0.2) is 4.39 Å². The highest BCUT2D eigenvalue weighted by atomic mass is 28.3. The molecule has 0 amide bonds. The molecule has 0 radical (unpaired) electrons. The van der Waals surface area contributed by atoms with Crippen LogP contribution in [0.5, 0.6) is 0 Å². The van der Waals surface area contributed by atoms with Crippen LogP contribution in [0.2, 0.25) is 13.1 Å². The molecule has 0 saturated heterocycles. The monoisotopic (exact) mass is 243 g/mol. The maximum atomic E-state index is 13.3. The molecule has 17 heavy (non-hydrogen) atoms. The van der Waals surface area contributed by atoms with E-state index in [0.29, 0.717) is 0 Å². The van der Waals surface area contributed by atoms with Crippen molar-refractivity contribution in [3.63, 3.8) is 0 Å². The second-order valence-electron chi connectivity index (χ2n) is 4.99. The Labute approximate surface area is 101 Å². The number of hydrogen-bond acceptors (Lipinski definition) is 1. The molecule has 1 heterocycles. The standard InChI is InChI=1S/C14H14FNSi/c1-17(2)13-6-4-3-5-11(13)16-12-9-10(15)7-8-14(12)17/h3-9,16H,1-2H3. The van der Waals surface area contributed by atoms with Crippen LogP contribution in [0.15, 0.2) is 42.5 Å². The first-order chi connectivity index (χ1) is 8.09. The van der Waals surface area contributed by atoms with E-state index in [9.17, 15) is 4.39 Å². The second-order valence-corrected chi connectivity index (χ2v) is 9.31. The van der Waals surface area contributed by atoms with Crippen molar-refractivity contribution in [2.24, 2.45) is 0 Å². The van der Waals surface area contributed by atoms with Gasteiger partial charge in [0.05, 0.1) is 0 Å². The summed E-state index contributed by atoms with van der Waals surface area (Å²) >= 11 is 0. The van der Waals surface area contributed by atoms with Crippen LogP contribution in [0.4, 0.5) is 15.8 Å². The Hall–Kier alpha value is -1.61. The van der Waals surface area contributed by atoms with E-state index in [0.717, 1.165) is 11.4 Å². The molecule has 1 nitrogen and oxygen atoms in total. The smallest absolute Gasteiger partial charge is 0.125 e. The molecule has 1 N–H and O–H groups in total. The number of para-hydroxylation sites is 1. The molecule has 86 valence electrons. The van der Waals surface area contributed by atoms with E-state index in [1.165, 1.54) is 10.4 Å². The lowest BCUT2D eigenvalue weighted by atomic mass is 10.2. The fraction of sp³-hybridized carbons (Fsp3) is 0.143. The minimum Gasteiger partial charge on any atom is -0.356 e. The zero-order valence-electron chi connectivity index (χ0n) is 9.92. The highest BCUT2D eigenvalue weighted by molar-refractivity contribution is 7.02. The molecular formula is C14H14FNSi. The van der Waals surface area contributed by atoms with Gasteiger partial charge >= 0.3 is 0 Å². The van der Waals surface area contributed by atoms with Crippen LogP contribution in [-0.2, 0) is 0 Å². The number of halogens is 1. The van der Waals surface area contributed by atoms with E-state index in [1.807, 2.05) is 12.1 Å². The maximum absolute atomic E-state index is 13.3. The molecule has 0 aromatic heterocycles. The summed E-state index contributed by atoms with van der Waals surface area (Å²) in [6.07, 6.45) is 0. The molecule has 2 aromatic rings. The topological polar surface area (TPSA) is 12.0 Å². The van der Waals surface area contributed by atoms with Crippen molar-refractivity contribution in [1.82, 2.24) is 0 Å². The molecule has 0 fully saturated rings. The Morgan fingerprint density at radius 2 is 1.65 bits per heavy atom. The first kappa shape index (κ1) is 10.5. The molecular weight excluding hydrogens is 229 g/mol. The molecule has 0 saturated carbocycles. The summed E-state index contributed by atoms with van der Waals surface area (Å²) in [6.45, 7) is 4.62. The van der Waals surface area contributed by atoms with Gasteiger partial charge in [0.2, 0.25) is 0 Å². The lowest BCUT2D eigenvalue weighted by Crippen LogP contribution is -2.56. The fourth-order valence-electron chi connectivity index (χ4n) is 2.59. The van der Waals surface area contributed by atoms with E-state index < -0.39 is 8.07 Å². The van der Waals surface area contributed by atoms with Gasteiger partial charge in [0.25, 0.3) is 0 Å². The first-order valence-corrected chi connectivity index (χ1v) is 8.75. The number of nitrogens with one attached hydrogen (secondary N) is 1. The third-order valence-corrected chi connectivity index (χ3v) is 7.09. The summed E-state index contributed by atoms with van der Waals surface area (Å²) in [5.74, 6) is -0.180. The van der Waals surface area contributed by atoms with Gasteiger partial charge in [-0.05, 0) is 28.6 Å². The van der Waals surface area contributed by atoms with Gasteiger partial charge in [-0.15, -0.1) is 0 Å². The van der Waals surface area contributed by atoms with E-state index in [1.54, 1.807) is 12.1 Å². The van der Waals surface area contributed by atoms with Gasteiger partial charge in [-0.2, -0.15) is 0 Å². The highest BCUT2D eigenvalue weighted by Crippen LogP contribution is 2.25. The van der Waals surface area contributed by atoms with Crippen LogP contribution >= 0.6 is 0 Å². The summed E-state index contributed by atoms with van der Waals surface area (Å²) < 4.78 is 13.3. The summed E-state index contributed by atoms with van der Waals surface area (Å²) in [7, 11) is -1.68. The largest absolute Gasteiger partial charge is 0.356 e. The van der Waals surface area contributed by atoms with Gasteiger partial charge in [-0.1, -0.05) is 37.4 Å². The van der Waals surface area contributed by atoms with E-state index >= 15 is 0 Å². The highest BCUT2D eigenvalue weighted by Gasteiger charge is 2.34. The van der Waals surface area contributed by atoms with Crippen molar-refractivity contribution in [3.05, 3.63) is 48.3 Å². The van der Waals surface area contributed by atoms with Crippen molar-refractivity contribution >= 4 is 29.8 Å². The Morgan fingerprint density at radius 3 is 2.47 bits per heavy atom. The first-order valence-electron chi connectivity index (χ1n) is 5.75. The quantitative estimate of drug-likeness (QED) is 0.702. The van der Waals surface area contributed by atoms with Crippen molar-refractivity contribution in [2.75, 3.05) is 5.32 Å². The van der Waals surface area contributed by atoms with Crippen LogP contribution < -0.4 is 15.7 Å². The van der Waals surface area contributed by atoms with Crippen molar-refractivity contribution in [3.8, 4) is 0 Å². The summed E-state index contributed by atoms with van der Waals surface area (Å²) in [6, 6.07) is 13.4. The zero-order chi connectivity index (χ0) is 12.0. The van der Waals surface area contributed by atoms with Crippen molar-refractivity contribution in [1.29, 1.82) is 0 Å². The second kappa shape index (κ2) is 3.44. The van der Waals surface area contributed by atoms with Crippen LogP contribution in [0.1, 0.15) is 0 Å². The van der Waals surface area contributed by atoms with Crippen molar-refractivity contribution < 1.29 is 4.39 Å². The molecule has 0 atom stereocenters. The maximum Gasteiger partial charge on any atom is 0.125 e. The summed E-state index contributed by atoms with van der Waals surface area (Å²) in [5, 5.41) is 6.00. The van der Waals surface area contributed by atoms with Gasteiger partial charge in [-0.3, -0.25) is 0 Å². The van der Waals surface area contributed by atoms with Crippen LogP contribution in [0.25, 0.3) is 0 Å². The number of rotatable bonds is 0. The van der Waals surface area contributed by atoms with Crippen LogP contribution in [0.3, 0.4) is 0 Å². The minimum atomic E-state index is -1.68. The van der Waals surface area contributed by atoms with Crippen LogP contribution in [0, 0.1) is 5.82 Å². The van der Waals surface area contributed by atoms with Gasteiger partial charge in [0.1, 0.15) is 13.9 Å². The summed E-state index contributed by atoms with van der Waals surface area (Å²) in [4.78, 5) is 0. The molecule has 0 unspecified atom stereocenters. The molecule has 1 aliphatic rings. The third-order valence-electron chi connectivity index (χ3n) is 3.52. The predicted molar refractivity (Wildman–Crippen MR) is 72.9 cm³/mol. The molecule has 3 rings (SSSR count). The molecule has 0 bridgehead atoms. The average molecular weight is 243 g/mol. The SMILES string of the molecule is C[Si]1(C)c2ccccc2Nc2cc(F)ccc21. The number of hydrogen-bond donors (Lipinski definition) is 1. The molecule has 1 aliphatic heterocycles. The molecule has 0 aliphatic carbocycles. The summed E-state index contributed by atoms with van der Waals surface area (Å²) in [5.41, 5.74) is 2.06. The van der Waals surface area contributed by atoms with E-state index in [2.05, 4.69) is 36.6 Å². The Balaban J connectivity index is 2.26. The minimum absolute atomic E-state index is 0.180. The zero-order valence-corrected chi connectivity index (χ0v) is 10.9. The predicted octanol–water partition coefficient (Wildman–Crippen LogP) is 2.71. The molecule has 2 aromatic carbocycles. The van der Waals surface area contributed by atoms with E-state index in [-0.39, 0.29) is 5.82 Å². The Bertz CT molecular complexity index is 593. The third kappa shape index (κ3) is 1.50. The lowest BCUT2D eigenvalue weighted by Gasteiger charge is -2.33. The molecule has 3 heteroatoms. The number of benzene rings is 2. The normalized spacial score (nSPS) is 15.7. The Kier molecular flexibility index (Phi) is 2.13. The Morgan fingerprint density at radius 1 is 0.941 bits per heavy atom. The lowest BCUT2D eigenvalue weighted by molar-refractivity contribution is 0.629.